The molecule has 0 aromatic rings. The molecule has 1 fully saturated rings. The summed E-state index contributed by atoms with van der Waals surface area (Å²) in [5.41, 5.74) is 0. The zero-order valence-corrected chi connectivity index (χ0v) is 37.6. The fraction of sp³-hybridized carbons (Fsp3) is 0.617. The van der Waals surface area contributed by atoms with Gasteiger partial charge in [0, 0.05) is 12.8 Å². The van der Waals surface area contributed by atoms with Crippen LogP contribution < -0.4 is 0 Å². The molecule has 1 aliphatic rings. The molecule has 62 heavy (non-hydrogen) atoms. The van der Waals surface area contributed by atoms with Crippen molar-refractivity contribution in [2.45, 2.75) is 172 Å². The number of hydrogen-bond donors (Lipinski definition) is 7. The topological polar surface area (TPSA) is 230 Å². The summed E-state index contributed by atoms with van der Waals surface area (Å²) in [5, 5.41) is 60.1. The van der Waals surface area contributed by atoms with Crippen LogP contribution in [-0.4, -0.2) is 110 Å². The number of ether oxygens (including phenoxy) is 2. The molecule has 0 bridgehead atoms. The normalized spacial score (nSPS) is 23.3. The van der Waals surface area contributed by atoms with Crippen LogP contribution in [-0.2, 0) is 32.7 Å². The third-order valence-electron chi connectivity index (χ3n) is 9.50. The minimum Gasteiger partial charge on any atom is -0.462 e. The highest BCUT2D eigenvalue weighted by Gasteiger charge is 2.51. The smallest absolute Gasteiger partial charge is 0.462 e. The Hall–Kier alpha value is -3.27. The molecule has 0 amide bonds. The van der Waals surface area contributed by atoms with E-state index in [1.807, 2.05) is 36.5 Å². The quantitative estimate of drug-likeness (QED) is 0.0111. The summed E-state index contributed by atoms with van der Waals surface area (Å²) < 4.78 is 33.4. The molecule has 0 aromatic carbocycles. The van der Waals surface area contributed by atoms with Gasteiger partial charge in [-0.25, -0.2) is 4.57 Å². The Labute approximate surface area is 369 Å². The number of rotatable bonds is 34. The maximum atomic E-state index is 12.8. The van der Waals surface area contributed by atoms with Gasteiger partial charge < -0.3 is 45.0 Å². The maximum Gasteiger partial charge on any atom is 0.472 e. The molecule has 9 atom stereocenters. The lowest BCUT2D eigenvalue weighted by Gasteiger charge is -2.41. The standard InChI is InChI=1S/C47H75O14P/c1-3-5-7-9-11-12-13-14-15-16-17-18-22-26-30-34-40(49)58-36-39(37-59-62(56,57)61-47-45(54)43(52)42(51)44(53)46(47)55)60-41(50)35-31-27-23-20-19-21-25-29-33-38(48)32-28-24-10-8-6-4-2/h5-8,11-12,14-15,20-21,23-25,28-29,33,38-39,42-48,51-55H,3-4,9-10,13,16-19,22,26-27,30-32,34-37H2,1-2H3,(H,56,57)/b7-5-,8-6-,12-11-,15-14-,23-20-,25-21-,28-24-,33-29+/t38?,39-,42?,43-,44+,45-,46-,47?/m1/s1. The molecule has 0 saturated heterocycles. The van der Waals surface area contributed by atoms with Gasteiger partial charge in [-0.3, -0.25) is 18.6 Å². The Morgan fingerprint density at radius 1 is 0.581 bits per heavy atom. The Bertz CT molecular complexity index is 1470. The molecular formula is C47H75O14P. The fourth-order valence-electron chi connectivity index (χ4n) is 5.95. The van der Waals surface area contributed by atoms with Gasteiger partial charge in [0.05, 0.1) is 12.7 Å². The van der Waals surface area contributed by atoms with Crippen LogP contribution in [0.1, 0.15) is 123 Å². The lowest BCUT2D eigenvalue weighted by molar-refractivity contribution is -0.220. The van der Waals surface area contributed by atoms with E-state index in [2.05, 4.69) is 62.5 Å². The number of hydrogen-bond acceptors (Lipinski definition) is 13. The van der Waals surface area contributed by atoms with E-state index in [9.17, 15) is 49.7 Å². The number of unbranched alkanes of at least 4 members (excludes halogenated alkanes) is 6. The minimum atomic E-state index is -5.16. The maximum absolute atomic E-state index is 12.8. The minimum absolute atomic E-state index is 0.0236. The zero-order valence-electron chi connectivity index (χ0n) is 36.7. The Morgan fingerprint density at radius 2 is 1.08 bits per heavy atom. The van der Waals surface area contributed by atoms with Crippen molar-refractivity contribution in [3.8, 4) is 0 Å². The van der Waals surface area contributed by atoms with Crippen molar-refractivity contribution in [3.05, 3.63) is 97.2 Å². The van der Waals surface area contributed by atoms with E-state index < -0.39 is 81.8 Å². The fourth-order valence-corrected chi connectivity index (χ4v) is 6.92. The Balaban J connectivity index is 2.58. The van der Waals surface area contributed by atoms with Crippen molar-refractivity contribution in [2.24, 2.45) is 0 Å². The van der Waals surface area contributed by atoms with Gasteiger partial charge in [-0.15, -0.1) is 0 Å². The third kappa shape index (κ3) is 28.4. The summed E-state index contributed by atoms with van der Waals surface area (Å²) in [4.78, 5) is 35.6. The molecule has 352 valence electrons. The van der Waals surface area contributed by atoms with Gasteiger partial charge in [-0.2, -0.15) is 0 Å². The van der Waals surface area contributed by atoms with Gasteiger partial charge in [0.15, 0.2) is 6.10 Å². The lowest BCUT2D eigenvalue weighted by Crippen LogP contribution is -2.64. The molecular weight excluding hydrogens is 819 g/mol. The predicted molar refractivity (Wildman–Crippen MR) is 240 cm³/mol. The van der Waals surface area contributed by atoms with E-state index in [0.29, 0.717) is 32.1 Å². The van der Waals surface area contributed by atoms with Crippen LogP contribution in [0.5, 0.6) is 0 Å². The molecule has 1 saturated carbocycles. The second-order valence-corrected chi connectivity index (χ2v) is 16.4. The van der Waals surface area contributed by atoms with Gasteiger partial charge >= 0.3 is 19.8 Å². The second kappa shape index (κ2) is 36.1. The molecule has 4 unspecified atom stereocenters. The SMILES string of the molecule is CC/C=C\C/C=C\C/C=C\CCCCCCCC(=O)OC[C@H](COP(=O)(O)OC1[C@H](O)[C@H](O)C(O)[C@H](O)[C@H]1O)OC(=O)CCC/C=C\C/C=C\C=C\C(O)C/C=C\C/C=C\CC. The molecule has 0 aliphatic heterocycles. The average Bonchev–Trinajstić information content (AvgIpc) is 3.25. The summed E-state index contributed by atoms with van der Waals surface area (Å²) >= 11 is 0. The van der Waals surface area contributed by atoms with Crippen LogP contribution in [0.15, 0.2) is 97.2 Å². The first kappa shape index (κ1) is 56.7. The summed E-state index contributed by atoms with van der Waals surface area (Å²) in [6.45, 7) is 2.91. The highest BCUT2D eigenvalue weighted by Crippen LogP contribution is 2.47. The number of carbonyl (C=O) groups excluding carboxylic acids is 2. The van der Waals surface area contributed by atoms with Crippen LogP contribution in [0.3, 0.4) is 0 Å². The molecule has 0 spiro atoms. The lowest BCUT2D eigenvalue weighted by atomic mass is 9.85. The van der Waals surface area contributed by atoms with Crippen molar-refractivity contribution >= 4 is 19.8 Å². The number of phosphoric ester groups is 1. The number of carbonyl (C=O) groups is 2. The van der Waals surface area contributed by atoms with Gasteiger partial charge in [-0.05, 0) is 77.0 Å². The molecule has 0 heterocycles. The molecule has 1 rings (SSSR count). The van der Waals surface area contributed by atoms with Crippen molar-refractivity contribution in [1.29, 1.82) is 0 Å². The second-order valence-electron chi connectivity index (χ2n) is 15.0. The molecule has 1 aliphatic carbocycles. The zero-order chi connectivity index (χ0) is 45.9. The Kier molecular flexibility index (Phi) is 33.1. The van der Waals surface area contributed by atoms with Crippen molar-refractivity contribution in [2.75, 3.05) is 13.2 Å². The molecule has 0 aromatic heterocycles. The largest absolute Gasteiger partial charge is 0.472 e. The molecule has 14 nitrogen and oxygen atoms in total. The van der Waals surface area contributed by atoms with E-state index in [-0.39, 0.29) is 12.8 Å². The number of aliphatic hydroxyl groups is 6. The van der Waals surface area contributed by atoms with Gasteiger partial charge in [0.1, 0.15) is 43.2 Å². The van der Waals surface area contributed by atoms with E-state index in [4.69, 9.17) is 18.5 Å². The van der Waals surface area contributed by atoms with Crippen LogP contribution in [0, 0.1) is 0 Å². The summed E-state index contributed by atoms with van der Waals surface area (Å²) in [7, 11) is -5.16. The molecule has 15 heteroatoms. The van der Waals surface area contributed by atoms with Gasteiger partial charge in [-0.1, -0.05) is 130 Å². The van der Waals surface area contributed by atoms with E-state index in [0.717, 1.165) is 64.2 Å². The van der Waals surface area contributed by atoms with Crippen LogP contribution in [0.2, 0.25) is 0 Å². The first-order valence-corrected chi connectivity index (χ1v) is 23.6. The van der Waals surface area contributed by atoms with Crippen LogP contribution >= 0.6 is 7.82 Å². The monoisotopic (exact) mass is 894 g/mol. The molecule has 0 radical (unpaired) electrons. The number of esters is 2. The highest BCUT2D eigenvalue weighted by molar-refractivity contribution is 7.47. The molecule has 7 N–H and O–H groups in total. The first-order chi connectivity index (χ1) is 29.8. The summed E-state index contributed by atoms with van der Waals surface area (Å²) in [5.74, 6) is -1.24. The van der Waals surface area contributed by atoms with Crippen LogP contribution in [0.4, 0.5) is 0 Å². The van der Waals surface area contributed by atoms with E-state index >= 15 is 0 Å². The van der Waals surface area contributed by atoms with Crippen molar-refractivity contribution < 1.29 is 68.2 Å². The third-order valence-corrected chi connectivity index (χ3v) is 10.5. The van der Waals surface area contributed by atoms with Gasteiger partial charge in [0.25, 0.3) is 0 Å². The predicted octanol–water partition coefficient (Wildman–Crippen LogP) is 7.24. The van der Waals surface area contributed by atoms with Crippen molar-refractivity contribution in [3.63, 3.8) is 0 Å². The summed E-state index contributed by atoms with van der Waals surface area (Å²) in [6.07, 6.45) is 30.7. The van der Waals surface area contributed by atoms with E-state index in [1.54, 1.807) is 12.2 Å². The number of allylic oxidation sites excluding steroid dienone is 14. The Morgan fingerprint density at radius 3 is 1.71 bits per heavy atom. The first-order valence-electron chi connectivity index (χ1n) is 22.1. The van der Waals surface area contributed by atoms with Crippen molar-refractivity contribution in [1.82, 2.24) is 0 Å². The number of aliphatic hydroxyl groups excluding tert-OH is 6. The highest BCUT2D eigenvalue weighted by atomic mass is 31.2. The van der Waals surface area contributed by atoms with Gasteiger partial charge in [0.2, 0.25) is 0 Å². The number of phosphoric acid groups is 1. The van der Waals surface area contributed by atoms with Crippen LogP contribution in [0.25, 0.3) is 0 Å². The average molecular weight is 895 g/mol. The summed E-state index contributed by atoms with van der Waals surface area (Å²) in [6, 6.07) is 0. The van der Waals surface area contributed by atoms with E-state index in [1.165, 1.54) is 0 Å².